The van der Waals surface area contributed by atoms with Gasteiger partial charge in [-0.05, 0) is 12.1 Å². The largest absolute Gasteiger partial charge is 0.443 e. The van der Waals surface area contributed by atoms with E-state index in [0.717, 1.165) is 16.4 Å². The van der Waals surface area contributed by atoms with Crippen molar-refractivity contribution in [3.8, 4) is 0 Å². The molecule has 3 aromatic rings. The summed E-state index contributed by atoms with van der Waals surface area (Å²) in [6, 6.07) is 3.61. The molecule has 0 radical (unpaired) electrons. The van der Waals surface area contributed by atoms with Gasteiger partial charge >= 0.3 is 0 Å². The van der Waals surface area contributed by atoms with Gasteiger partial charge in [0.2, 0.25) is 0 Å². The monoisotopic (exact) mass is 205 g/mol. The normalized spacial score (nSPS) is 11.2. The van der Waals surface area contributed by atoms with Crippen molar-refractivity contribution in [2.45, 2.75) is 0 Å². The van der Waals surface area contributed by atoms with Crippen molar-refractivity contribution < 1.29 is 4.42 Å². The van der Waals surface area contributed by atoms with Crippen LogP contribution in [0.4, 0.5) is 0 Å². The van der Waals surface area contributed by atoms with E-state index in [9.17, 15) is 0 Å². The Bertz CT molecular complexity index is 620. The van der Waals surface area contributed by atoms with Crippen LogP contribution in [0.3, 0.4) is 0 Å². The highest BCUT2D eigenvalue weighted by Crippen LogP contribution is 2.24. The highest BCUT2D eigenvalue weighted by atomic mass is 35.5. The Morgan fingerprint density at radius 2 is 2.00 bits per heavy atom. The van der Waals surface area contributed by atoms with Gasteiger partial charge in [-0.1, -0.05) is 11.6 Å². The number of nitrogens with zero attached hydrogens (tertiary/aromatic N) is 3. The molecule has 14 heavy (non-hydrogen) atoms. The molecule has 2 aromatic heterocycles. The highest BCUT2D eigenvalue weighted by Gasteiger charge is 2.05. The minimum Gasteiger partial charge on any atom is -0.443 e. The second-order valence-electron chi connectivity index (χ2n) is 2.85. The number of hydrogen-bond acceptors (Lipinski definition) is 4. The predicted molar refractivity (Wildman–Crippen MR) is 52.1 cm³/mol. The molecule has 4 nitrogen and oxygen atoms in total. The topological polar surface area (TPSA) is 51.8 Å². The number of fused-ring (bicyclic) bond motifs is 2. The average molecular weight is 206 g/mol. The van der Waals surface area contributed by atoms with Crippen molar-refractivity contribution >= 4 is 33.6 Å². The molecule has 0 fully saturated rings. The van der Waals surface area contributed by atoms with Crippen molar-refractivity contribution in [3.63, 3.8) is 0 Å². The zero-order chi connectivity index (χ0) is 9.54. The quantitative estimate of drug-likeness (QED) is 0.529. The maximum Gasteiger partial charge on any atom is 0.181 e. The minimum absolute atomic E-state index is 0.424. The lowest BCUT2D eigenvalue weighted by molar-refractivity contribution is 0.602. The molecular formula is C9H4ClN3O. The van der Waals surface area contributed by atoms with E-state index in [1.54, 1.807) is 6.07 Å². The van der Waals surface area contributed by atoms with Crippen LogP contribution in [0.25, 0.3) is 22.0 Å². The molecule has 0 amide bonds. The molecular weight excluding hydrogens is 202 g/mol. The maximum atomic E-state index is 5.91. The van der Waals surface area contributed by atoms with Gasteiger partial charge in [0.25, 0.3) is 0 Å². The molecule has 68 valence electrons. The third-order valence-electron chi connectivity index (χ3n) is 2.04. The van der Waals surface area contributed by atoms with Gasteiger partial charge in [0.1, 0.15) is 17.0 Å². The zero-order valence-electron chi connectivity index (χ0n) is 6.94. The fourth-order valence-corrected chi connectivity index (χ4v) is 1.57. The average Bonchev–Trinajstić information content (AvgIpc) is 2.62. The lowest BCUT2D eigenvalue weighted by Crippen LogP contribution is -1.83. The van der Waals surface area contributed by atoms with Crippen LogP contribution in [0.15, 0.2) is 29.3 Å². The summed E-state index contributed by atoms with van der Waals surface area (Å²) >= 11 is 5.91. The Balaban J connectivity index is 2.57. The Labute approximate surface area is 83.6 Å². The van der Waals surface area contributed by atoms with E-state index >= 15 is 0 Å². The summed E-state index contributed by atoms with van der Waals surface area (Å²) in [5.41, 5.74) is 2.23. The first-order chi connectivity index (χ1) is 6.84. The van der Waals surface area contributed by atoms with E-state index in [1.807, 2.05) is 6.07 Å². The van der Waals surface area contributed by atoms with Gasteiger partial charge in [-0.25, -0.2) is 15.0 Å². The standard InChI is InChI=1S/C9H4ClN3O/c10-9-5-1-8-7(13-4-14-8)2-6(5)11-3-12-9/h1-4H. The fourth-order valence-electron chi connectivity index (χ4n) is 1.38. The van der Waals surface area contributed by atoms with Gasteiger partial charge < -0.3 is 4.42 Å². The molecule has 0 saturated carbocycles. The van der Waals surface area contributed by atoms with E-state index in [2.05, 4.69) is 15.0 Å². The number of aromatic nitrogens is 3. The number of hydrogen-bond donors (Lipinski definition) is 0. The third kappa shape index (κ3) is 0.975. The molecule has 0 aliphatic heterocycles. The molecule has 0 atom stereocenters. The summed E-state index contributed by atoms with van der Waals surface area (Å²) in [6.45, 7) is 0. The second kappa shape index (κ2) is 2.65. The molecule has 0 aliphatic carbocycles. The van der Waals surface area contributed by atoms with Crippen LogP contribution in [-0.4, -0.2) is 15.0 Å². The molecule has 0 saturated heterocycles. The summed E-state index contributed by atoms with van der Waals surface area (Å²) in [7, 11) is 0. The summed E-state index contributed by atoms with van der Waals surface area (Å²) in [6.07, 6.45) is 2.82. The molecule has 0 spiro atoms. The van der Waals surface area contributed by atoms with Crippen molar-refractivity contribution in [3.05, 3.63) is 30.0 Å². The van der Waals surface area contributed by atoms with E-state index in [-0.39, 0.29) is 0 Å². The van der Waals surface area contributed by atoms with Crippen LogP contribution >= 0.6 is 11.6 Å². The predicted octanol–water partition coefficient (Wildman–Crippen LogP) is 2.42. The van der Waals surface area contributed by atoms with E-state index in [1.165, 1.54) is 12.7 Å². The van der Waals surface area contributed by atoms with Gasteiger partial charge in [-0.2, -0.15) is 0 Å². The van der Waals surface area contributed by atoms with Gasteiger partial charge in [-0.3, -0.25) is 0 Å². The molecule has 5 heteroatoms. The lowest BCUT2D eigenvalue weighted by atomic mass is 10.2. The molecule has 0 N–H and O–H groups in total. The van der Waals surface area contributed by atoms with Gasteiger partial charge in [0.15, 0.2) is 12.0 Å². The number of rotatable bonds is 0. The second-order valence-corrected chi connectivity index (χ2v) is 3.21. The fraction of sp³-hybridized carbons (Fsp3) is 0. The Hall–Kier alpha value is -1.68. The van der Waals surface area contributed by atoms with Crippen molar-refractivity contribution in [1.29, 1.82) is 0 Å². The Morgan fingerprint density at radius 3 is 2.93 bits per heavy atom. The van der Waals surface area contributed by atoms with Crippen LogP contribution in [0, 0.1) is 0 Å². The molecule has 0 unspecified atom stereocenters. The third-order valence-corrected chi connectivity index (χ3v) is 2.34. The van der Waals surface area contributed by atoms with Crippen molar-refractivity contribution in [2.75, 3.05) is 0 Å². The summed E-state index contributed by atoms with van der Waals surface area (Å²) in [5, 5.41) is 1.20. The SMILES string of the molecule is Clc1ncnc2cc3ncoc3cc12. The van der Waals surface area contributed by atoms with Crippen molar-refractivity contribution in [2.24, 2.45) is 0 Å². The van der Waals surface area contributed by atoms with Gasteiger partial charge in [0, 0.05) is 5.39 Å². The lowest BCUT2D eigenvalue weighted by Gasteiger charge is -1.96. The first-order valence-corrected chi connectivity index (χ1v) is 4.36. The Morgan fingerprint density at radius 1 is 1.07 bits per heavy atom. The van der Waals surface area contributed by atoms with Crippen LogP contribution in [0.2, 0.25) is 5.15 Å². The Kier molecular flexibility index (Phi) is 1.46. The van der Waals surface area contributed by atoms with E-state index in [0.29, 0.717) is 10.7 Å². The molecule has 2 heterocycles. The molecule has 1 aromatic carbocycles. The van der Waals surface area contributed by atoms with Crippen LogP contribution < -0.4 is 0 Å². The van der Waals surface area contributed by atoms with Gasteiger partial charge in [-0.15, -0.1) is 0 Å². The van der Waals surface area contributed by atoms with Crippen LogP contribution in [0.1, 0.15) is 0 Å². The molecule has 0 bridgehead atoms. The van der Waals surface area contributed by atoms with Crippen LogP contribution in [-0.2, 0) is 0 Å². The molecule has 3 rings (SSSR count). The number of oxazole rings is 1. The van der Waals surface area contributed by atoms with E-state index in [4.69, 9.17) is 16.0 Å². The molecule has 0 aliphatic rings. The van der Waals surface area contributed by atoms with Crippen molar-refractivity contribution in [1.82, 2.24) is 15.0 Å². The zero-order valence-corrected chi connectivity index (χ0v) is 7.69. The minimum atomic E-state index is 0.424. The van der Waals surface area contributed by atoms with E-state index < -0.39 is 0 Å². The first kappa shape index (κ1) is 7.70. The summed E-state index contributed by atoms with van der Waals surface area (Å²) in [5.74, 6) is 0. The summed E-state index contributed by atoms with van der Waals surface area (Å²) in [4.78, 5) is 12.0. The number of halogens is 1. The smallest absolute Gasteiger partial charge is 0.181 e. The first-order valence-electron chi connectivity index (χ1n) is 3.98. The van der Waals surface area contributed by atoms with Crippen LogP contribution in [0.5, 0.6) is 0 Å². The summed E-state index contributed by atoms with van der Waals surface area (Å²) < 4.78 is 5.16. The maximum absolute atomic E-state index is 5.91. The number of benzene rings is 1. The highest BCUT2D eigenvalue weighted by molar-refractivity contribution is 6.34. The van der Waals surface area contributed by atoms with Gasteiger partial charge in [0.05, 0.1) is 5.52 Å².